The highest BCUT2D eigenvalue weighted by atomic mass is 35.5. The molecule has 0 amide bonds. The molecule has 1 aliphatic rings. The van der Waals surface area contributed by atoms with Crippen LogP contribution in [0.2, 0.25) is 0 Å². The molecule has 3 atom stereocenters. The van der Waals surface area contributed by atoms with Gasteiger partial charge in [-0.25, -0.2) is 0 Å². The van der Waals surface area contributed by atoms with Gasteiger partial charge in [0, 0.05) is 25.8 Å². The second-order valence-corrected chi connectivity index (χ2v) is 7.80. The van der Waals surface area contributed by atoms with Gasteiger partial charge in [0.25, 0.3) is 0 Å². The van der Waals surface area contributed by atoms with E-state index in [1.807, 2.05) is 42.2 Å². The lowest BCUT2D eigenvalue weighted by Gasteiger charge is -2.34. The van der Waals surface area contributed by atoms with Crippen LogP contribution in [0.3, 0.4) is 0 Å². The molecule has 7 heteroatoms. The van der Waals surface area contributed by atoms with Crippen molar-refractivity contribution < 1.29 is 14.6 Å². The average Bonchev–Trinajstić information content (AvgIpc) is 3.11. The van der Waals surface area contributed by atoms with Crippen LogP contribution >= 0.6 is 12.4 Å². The van der Waals surface area contributed by atoms with Crippen LogP contribution < -0.4 is 4.74 Å². The number of morpholine rings is 1. The number of hydrogen-bond acceptors (Lipinski definition) is 5. The summed E-state index contributed by atoms with van der Waals surface area (Å²) in [5, 5.41) is 14.8. The Kier molecular flexibility index (Phi) is 9.43. The predicted octanol–water partition coefficient (Wildman–Crippen LogP) is 3.27. The summed E-state index contributed by atoms with van der Waals surface area (Å²) in [4.78, 5) is 2.25. The minimum absolute atomic E-state index is 0. The molecule has 2 heterocycles. The van der Waals surface area contributed by atoms with Gasteiger partial charge in [-0.15, -0.1) is 12.4 Å². The summed E-state index contributed by atoms with van der Waals surface area (Å²) in [5.74, 6) is 1.32. The van der Waals surface area contributed by atoms with Crippen molar-refractivity contribution in [2.24, 2.45) is 0 Å². The number of aryl methyl sites for hydroxylation is 1. The zero-order chi connectivity index (χ0) is 19.9. The number of aliphatic hydroxyl groups excluding tert-OH is 1. The van der Waals surface area contributed by atoms with E-state index in [2.05, 4.69) is 29.9 Å². The van der Waals surface area contributed by atoms with E-state index in [1.54, 1.807) is 0 Å². The maximum absolute atomic E-state index is 10.5. The summed E-state index contributed by atoms with van der Waals surface area (Å²) in [5.41, 5.74) is 2.36. The van der Waals surface area contributed by atoms with Crippen LogP contribution in [0.5, 0.6) is 5.75 Å². The SMILES string of the molecule is CCC(C)c1ccccc1OCC(O)CN1CCOC(Cn2cc(C)cn2)C1.Cl. The first-order chi connectivity index (χ1) is 13.5. The molecule has 2 aromatic rings. The number of rotatable bonds is 9. The van der Waals surface area contributed by atoms with Crippen molar-refractivity contribution in [3.63, 3.8) is 0 Å². The van der Waals surface area contributed by atoms with Crippen molar-refractivity contribution in [3.05, 3.63) is 47.8 Å². The number of nitrogens with zero attached hydrogens (tertiary/aromatic N) is 3. The lowest BCUT2D eigenvalue weighted by molar-refractivity contribution is -0.0517. The zero-order valence-corrected chi connectivity index (χ0v) is 18.5. The van der Waals surface area contributed by atoms with Crippen molar-refractivity contribution in [2.75, 3.05) is 32.8 Å². The predicted molar refractivity (Wildman–Crippen MR) is 117 cm³/mol. The van der Waals surface area contributed by atoms with Crippen LogP contribution in [-0.4, -0.2) is 64.8 Å². The molecule has 1 aromatic carbocycles. The lowest BCUT2D eigenvalue weighted by atomic mass is 9.98. The van der Waals surface area contributed by atoms with Crippen LogP contribution in [0.25, 0.3) is 0 Å². The fraction of sp³-hybridized carbons (Fsp3) is 0.591. The third kappa shape index (κ3) is 7.00. The van der Waals surface area contributed by atoms with Crippen molar-refractivity contribution >= 4 is 12.4 Å². The molecule has 0 aliphatic carbocycles. The van der Waals surface area contributed by atoms with Gasteiger partial charge in [-0.1, -0.05) is 32.0 Å². The first-order valence-corrected chi connectivity index (χ1v) is 10.3. The van der Waals surface area contributed by atoms with E-state index in [0.29, 0.717) is 25.7 Å². The zero-order valence-electron chi connectivity index (χ0n) is 17.7. The fourth-order valence-electron chi connectivity index (χ4n) is 3.61. The van der Waals surface area contributed by atoms with Crippen LogP contribution in [0.4, 0.5) is 0 Å². The Bertz CT molecular complexity index is 740. The Labute approximate surface area is 180 Å². The lowest BCUT2D eigenvalue weighted by Crippen LogP contribution is -2.47. The smallest absolute Gasteiger partial charge is 0.122 e. The molecule has 162 valence electrons. The van der Waals surface area contributed by atoms with Crippen LogP contribution in [0.15, 0.2) is 36.7 Å². The molecule has 0 bridgehead atoms. The molecule has 1 saturated heterocycles. The molecule has 6 nitrogen and oxygen atoms in total. The van der Waals surface area contributed by atoms with Crippen molar-refractivity contribution in [2.45, 2.75) is 51.9 Å². The molecule has 1 N–H and O–H groups in total. The van der Waals surface area contributed by atoms with E-state index in [-0.39, 0.29) is 18.5 Å². The van der Waals surface area contributed by atoms with Gasteiger partial charge in [-0.05, 0) is 36.5 Å². The Morgan fingerprint density at radius 2 is 2.14 bits per heavy atom. The van der Waals surface area contributed by atoms with Gasteiger partial charge >= 0.3 is 0 Å². The molecule has 0 saturated carbocycles. The summed E-state index contributed by atoms with van der Waals surface area (Å²) in [6.07, 6.45) is 4.51. The van der Waals surface area contributed by atoms with Gasteiger partial charge in [0.15, 0.2) is 0 Å². The van der Waals surface area contributed by atoms with E-state index < -0.39 is 6.10 Å². The summed E-state index contributed by atoms with van der Waals surface area (Å²) in [7, 11) is 0. The topological polar surface area (TPSA) is 59.8 Å². The minimum atomic E-state index is -0.532. The number of hydrogen-bond donors (Lipinski definition) is 1. The van der Waals surface area contributed by atoms with Gasteiger partial charge in [0.1, 0.15) is 18.5 Å². The normalized spacial score (nSPS) is 19.4. The Hall–Kier alpha value is -1.60. The summed E-state index contributed by atoms with van der Waals surface area (Å²) >= 11 is 0. The standard InChI is InChI=1S/C22H33N3O3.ClH/c1-4-18(3)21-7-5-6-8-22(21)28-16-19(26)13-24-9-10-27-20(14-24)15-25-12-17(2)11-23-25;/h5-8,11-12,18-20,26H,4,9-10,13-16H2,1-3H3;1H. The maximum Gasteiger partial charge on any atom is 0.122 e. The Balaban J connectivity index is 0.00000300. The van der Waals surface area contributed by atoms with Gasteiger partial charge in [-0.3, -0.25) is 9.58 Å². The number of aromatic nitrogens is 2. The summed E-state index contributed by atoms with van der Waals surface area (Å²) < 4.78 is 13.8. The van der Waals surface area contributed by atoms with Gasteiger partial charge in [-0.2, -0.15) is 5.10 Å². The molecule has 0 radical (unpaired) electrons. The maximum atomic E-state index is 10.5. The number of β-amino-alcohol motifs (C(OH)–C–C–N with tert-alkyl or cyclic N) is 1. The molecule has 0 spiro atoms. The summed E-state index contributed by atoms with van der Waals surface area (Å²) in [6.45, 7) is 10.3. The monoisotopic (exact) mass is 423 g/mol. The highest BCUT2D eigenvalue weighted by Gasteiger charge is 2.23. The van der Waals surface area contributed by atoms with E-state index in [1.165, 1.54) is 5.56 Å². The molecule has 3 rings (SSSR count). The highest BCUT2D eigenvalue weighted by Crippen LogP contribution is 2.28. The second kappa shape index (κ2) is 11.6. The molecule has 1 fully saturated rings. The minimum Gasteiger partial charge on any atom is -0.491 e. The summed E-state index contributed by atoms with van der Waals surface area (Å²) in [6, 6.07) is 8.13. The first-order valence-electron chi connectivity index (χ1n) is 10.3. The number of ether oxygens (including phenoxy) is 2. The van der Waals surface area contributed by atoms with Crippen molar-refractivity contribution in [3.8, 4) is 5.75 Å². The van der Waals surface area contributed by atoms with Crippen LogP contribution in [-0.2, 0) is 11.3 Å². The number of benzene rings is 1. The van der Waals surface area contributed by atoms with Gasteiger partial charge in [0.05, 0.1) is 25.5 Å². The average molecular weight is 424 g/mol. The first kappa shape index (κ1) is 23.7. The Morgan fingerprint density at radius 3 is 2.86 bits per heavy atom. The van der Waals surface area contributed by atoms with E-state index >= 15 is 0 Å². The van der Waals surface area contributed by atoms with Crippen molar-refractivity contribution in [1.29, 1.82) is 0 Å². The Morgan fingerprint density at radius 1 is 1.34 bits per heavy atom. The number of para-hydroxylation sites is 1. The van der Waals surface area contributed by atoms with E-state index in [4.69, 9.17) is 9.47 Å². The third-order valence-electron chi connectivity index (χ3n) is 5.34. The molecule has 1 aromatic heterocycles. The largest absolute Gasteiger partial charge is 0.491 e. The molecular weight excluding hydrogens is 390 g/mol. The van der Waals surface area contributed by atoms with Crippen LogP contribution in [0, 0.1) is 6.92 Å². The number of halogens is 1. The molecule has 3 unspecified atom stereocenters. The van der Waals surface area contributed by atoms with Gasteiger partial charge < -0.3 is 14.6 Å². The van der Waals surface area contributed by atoms with E-state index in [0.717, 1.165) is 37.4 Å². The van der Waals surface area contributed by atoms with Crippen LogP contribution in [0.1, 0.15) is 37.3 Å². The number of aliphatic hydroxyl groups is 1. The quantitative estimate of drug-likeness (QED) is 0.670. The third-order valence-corrected chi connectivity index (χ3v) is 5.34. The van der Waals surface area contributed by atoms with Gasteiger partial charge in [0.2, 0.25) is 0 Å². The van der Waals surface area contributed by atoms with Crippen molar-refractivity contribution in [1.82, 2.24) is 14.7 Å². The molecule has 1 aliphatic heterocycles. The highest BCUT2D eigenvalue weighted by molar-refractivity contribution is 5.85. The fourth-order valence-corrected chi connectivity index (χ4v) is 3.61. The second-order valence-electron chi connectivity index (χ2n) is 7.80. The molecule has 29 heavy (non-hydrogen) atoms. The van der Waals surface area contributed by atoms with E-state index in [9.17, 15) is 5.11 Å². The molecular formula is C22H34ClN3O3.